The summed E-state index contributed by atoms with van der Waals surface area (Å²) in [4.78, 5) is 10.9. The molecule has 1 rings (SSSR count). The van der Waals surface area contributed by atoms with Gasteiger partial charge in [0.2, 0.25) is 0 Å². The van der Waals surface area contributed by atoms with Gasteiger partial charge in [0, 0.05) is 12.5 Å². The van der Waals surface area contributed by atoms with Crippen LogP contribution in [0.1, 0.15) is 6.42 Å². The fraction of sp³-hybridized carbons (Fsp3) is 0.375. The first-order valence-electron chi connectivity index (χ1n) is 3.56. The summed E-state index contributed by atoms with van der Waals surface area (Å²) < 4.78 is 17.3. The molecule has 0 saturated heterocycles. The zero-order valence-electron chi connectivity index (χ0n) is 6.71. The fourth-order valence-corrected chi connectivity index (χ4v) is 0.984. The molecule has 0 saturated carbocycles. The molecule has 0 bridgehead atoms. The molecule has 2 N–H and O–H groups in total. The summed E-state index contributed by atoms with van der Waals surface area (Å²) in [5.41, 5.74) is 5.39. The van der Waals surface area contributed by atoms with E-state index in [4.69, 9.17) is 5.73 Å². The molecule has 1 unspecified atom stereocenters. The molecule has 1 aliphatic carbocycles. The Kier molecular flexibility index (Phi) is 2.60. The zero-order chi connectivity index (χ0) is 9.14. The minimum Gasteiger partial charge on any atom is -0.465 e. The van der Waals surface area contributed by atoms with E-state index >= 15 is 0 Å². The Hall–Kier alpha value is -1.16. The quantitative estimate of drug-likeness (QED) is 0.590. The van der Waals surface area contributed by atoms with Crippen molar-refractivity contribution in [2.75, 3.05) is 7.11 Å². The van der Waals surface area contributed by atoms with Crippen molar-refractivity contribution in [2.24, 2.45) is 5.73 Å². The van der Waals surface area contributed by atoms with Gasteiger partial charge < -0.3 is 10.5 Å². The highest BCUT2D eigenvalue weighted by Crippen LogP contribution is 2.20. The van der Waals surface area contributed by atoms with E-state index in [0.717, 1.165) is 0 Å². The maximum Gasteiger partial charge on any atom is 0.340 e. The first kappa shape index (κ1) is 8.93. The Balaban J connectivity index is 2.84. The number of nitrogens with two attached hydrogens (primary N) is 1. The molecule has 1 aliphatic rings. The number of carbonyl (C=O) groups excluding carboxylic acids is 1. The summed E-state index contributed by atoms with van der Waals surface area (Å²) in [6.45, 7) is 0. The lowest BCUT2D eigenvalue weighted by atomic mass is 10.0. The molecule has 0 amide bonds. The second kappa shape index (κ2) is 3.49. The van der Waals surface area contributed by atoms with Gasteiger partial charge in [0.05, 0.1) is 12.7 Å². The number of methoxy groups -OCH3 is 1. The van der Waals surface area contributed by atoms with Crippen LogP contribution in [0.2, 0.25) is 0 Å². The van der Waals surface area contributed by atoms with Gasteiger partial charge in [-0.2, -0.15) is 0 Å². The molecule has 0 aliphatic heterocycles. The summed E-state index contributed by atoms with van der Waals surface area (Å²) in [5, 5.41) is 0. The molecule has 0 fully saturated rings. The molecule has 1 atom stereocenters. The average molecular weight is 171 g/mol. The molecule has 0 aromatic carbocycles. The lowest BCUT2D eigenvalue weighted by molar-refractivity contribution is -0.135. The lowest BCUT2D eigenvalue weighted by Crippen LogP contribution is -2.21. The zero-order valence-corrected chi connectivity index (χ0v) is 6.71. The van der Waals surface area contributed by atoms with Crippen molar-refractivity contribution in [3.8, 4) is 0 Å². The number of carbonyl (C=O) groups is 1. The van der Waals surface area contributed by atoms with Crippen LogP contribution in [0.3, 0.4) is 0 Å². The SMILES string of the molecule is COC(=O)C1=C(F)CC(N)C=C1. The van der Waals surface area contributed by atoms with E-state index in [-0.39, 0.29) is 18.0 Å². The number of halogens is 1. The average Bonchev–Trinajstić information content (AvgIpc) is 2.03. The first-order chi connectivity index (χ1) is 5.65. The van der Waals surface area contributed by atoms with Crippen molar-refractivity contribution in [1.29, 1.82) is 0 Å². The Labute approximate surface area is 69.7 Å². The molecule has 0 aromatic heterocycles. The standard InChI is InChI=1S/C8H10FNO2/c1-12-8(11)6-3-2-5(10)4-7(6)9/h2-3,5H,4,10H2,1H3. The van der Waals surface area contributed by atoms with E-state index in [0.29, 0.717) is 0 Å². The van der Waals surface area contributed by atoms with Crippen LogP contribution in [-0.2, 0) is 9.53 Å². The Morgan fingerprint density at radius 3 is 3.00 bits per heavy atom. The van der Waals surface area contributed by atoms with Gasteiger partial charge in [-0.3, -0.25) is 0 Å². The molecular formula is C8H10FNO2. The predicted molar refractivity (Wildman–Crippen MR) is 41.9 cm³/mol. The van der Waals surface area contributed by atoms with Crippen molar-refractivity contribution < 1.29 is 13.9 Å². The van der Waals surface area contributed by atoms with Crippen LogP contribution in [0, 0.1) is 0 Å². The van der Waals surface area contributed by atoms with E-state index in [2.05, 4.69) is 4.74 Å². The molecule has 4 heteroatoms. The van der Waals surface area contributed by atoms with Gasteiger partial charge in [0.1, 0.15) is 5.83 Å². The molecule has 0 aromatic rings. The lowest BCUT2D eigenvalue weighted by Gasteiger charge is -2.12. The van der Waals surface area contributed by atoms with Gasteiger partial charge in [-0.25, -0.2) is 9.18 Å². The van der Waals surface area contributed by atoms with Crippen molar-refractivity contribution in [2.45, 2.75) is 12.5 Å². The smallest absolute Gasteiger partial charge is 0.340 e. The van der Waals surface area contributed by atoms with E-state index < -0.39 is 11.8 Å². The summed E-state index contributed by atoms with van der Waals surface area (Å²) in [6.07, 6.45) is 3.01. The first-order valence-corrected chi connectivity index (χ1v) is 3.56. The topological polar surface area (TPSA) is 52.3 Å². The van der Waals surface area contributed by atoms with Gasteiger partial charge in [-0.15, -0.1) is 0 Å². The Bertz CT molecular complexity index is 258. The molecule has 66 valence electrons. The minimum absolute atomic E-state index is 0.0285. The minimum atomic E-state index is -0.657. The maximum absolute atomic E-state index is 13.0. The maximum atomic E-state index is 13.0. The molecule has 0 radical (unpaired) electrons. The van der Waals surface area contributed by atoms with Crippen molar-refractivity contribution >= 4 is 5.97 Å². The molecule has 3 nitrogen and oxygen atoms in total. The highest BCUT2D eigenvalue weighted by molar-refractivity contribution is 5.92. The van der Waals surface area contributed by atoms with Gasteiger partial charge in [-0.05, 0) is 6.08 Å². The van der Waals surface area contributed by atoms with Gasteiger partial charge in [-0.1, -0.05) is 6.08 Å². The Morgan fingerprint density at radius 2 is 2.50 bits per heavy atom. The van der Waals surface area contributed by atoms with Crippen molar-refractivity contribution in [3.63, 3.8) is 0 Å². The van der Waals surface area contributed by atoms with E-state index in [9.17, 15) is 9.18 Å². The summed E-state index contributed by atoms with van der Waals surface area (Å²) in [7, 11) is 1.21. The third-order valence-corrected chi connectivity index (χ3v) is 1.62. The monoisotopic (exact) mass is 171 g/mol. The highest BCUT2D eigenvalue weighted by atomic mass is 19.1. The van der Waals surface area contributed by atoms with Gasteiger partial charge in [0.25, 0.3) is 0 Å². The van der Waals surface area contributed by atoms with Crippen LogP contribution < -0.4 is 5.73 Å². The second-order valence-corrected chi connectivity index (χ2v) is 2.54. The number of hydrogen-bond acceptors (Lipinski definition) is 3. The van der Waals surface area contributed by atoms with Crippen LogP contribution in [0.5, 0.6) is 0 Å². The summed E-state index contributed by atoms with van der Waals surface area (Å²) in [6, 6.07) is -0.335. The highest BCUT2D eigenvalue weighted by Gasteiger charge is 2.18. The van der Waals surface area contributed by atoms with Crippen molar-refractivity contribution in [3.05, 3.63) is 23.6 Å². The van der Waals surface area contributed by atoms with Crippen molar-refractivity contribution in [1.82, 2.24) is 0 Å². The number of esters is 1. The normalized spacial score (nSPS) is 22.8. The van der Waals surface area contributed by atoms with E-state index in [1.54, 1.807) is 6.08 Å². The summed E-state index contributed by atoms with van der Waals surface area (Å²) in [5.74, 6) is -1.16. The van der Waals surface area contributed by atoms with Crippen LogP contribution in [0.15, 0.2) is 23.6 Å². The van der Waals surface area contributed by atoms with Crippen LogP contribution in [-0.4, -0.2) is 19.1 Å². The Morgan fingerprint density at radius 1 is 1.83 bits per heavy atom. The fourth-order valence-electron chi connectivity index (χ4n) is 0.984. The predicted octanol–water partition coefficient (Wildman–Crippen LogP) is 0.670. The van der Waals surface area contributed by atoms with Gasteiger partial charge in [0.15, 0.2) is 0 Å². The number of rotatable bonds is 1. The van der Waals surface area contributed by atoms with E-state index in [1.165, 1.54) is 13.2 Å². The second-order valence-electron chi connectivity index (χ2n) is 2.54. The molecule has 0 heterocycles. The number of ether oxygens (including phenoxy) is 1. The third-order valence-electron chi connectivity index (χ3n) is 1.62. The van der Waals surface area contributed by atoms with Crippen LogP contribution in [0.25, 0.3) is 0 Å². The molecular weight excluding hydrogens is 161 g/mol. The third kappa shape index (κ3) is 1.71. The summed E-state index contributed by atoms with van der Waals surface area (Å²) >= 11 is 0. The molecule has 0 spiro atoms. The number of hydrogen-bond donors (Lipinski definition) is 1. The largest absolute Gasteiger partial charge is 0.465 e. The molecule has 12 heavy (non-hydrogen) atoms. The van der Waals surface area contributed by atoms with E-state index in [1.807, 2.05) is 0 Å². The van der Waals surface area contributed by atoms with Crippen LogP contribution >= 0.6 is 0 Å². The van der Waals surface area contributed by atoms with Gasteiger partial charge >= 0.3 is 5.97 Å². The van der Waals surface area contributed by atoms with Crippen LogP contribution in [0.4, 0.5) is 4.39 Å².